The third-order valence-corrected chi connectivity index (χ3v) is 9.10. The van der Waals surface area contributed by atoms with Gasteiger partial charge in [-0.3, -0.25) is 15.0 Å². The van der Waals surface area contributed by atoms with Crippen LogP contribution < -0.4 is 20.5 Å². The van der Waals surface area contributed by atoms with Crippen LogP contribution in [0.25, 0.3) is 0 Å². The van der Waals surface area contributed by atoms with Gasteiger partial charge in [0.2, 0.25) is 11.9 Å². The third kappa shape index (κ3) is 11.6. The largest absolute Gasteiger partial charge is 0.497 e. The summed E-state index contributed by atoms with van der Waals surface area (Å²) in [6.45, 7) is 2.24. The predicted molar refractivity (Wildman–Crippen MR) is 202 cm³/mol. The molecule has 1 atom stereocenters. The van der Waals surface area contributed by atoms with Crippen LogP contribution in [0.15, 0.2) is 69.8 Å². The molecule has 3 aromatic rings. The number of hydrazine groups is 1. The SMILES string of the molecule is CCCCCCCCCCCCCC(=O)Nc1ccc(Cl)c(N=C2NN(c3c(Cl)cc(Cl)cc3Cl)C(=O)C2N=Nc2ccc(OC)cc2)c1. The first-order valence-corrected chi connectivity index (χ1v) is 18.2. The molecule has 1 aliphatic heterocycles. The summed E-state index contributed by atoms with van der Waals surface area (Å²) in [6.07, 6.45) is 13.8. The molecule has 2 amide bonds. The highest BCUT2D eigenvalue weighted by molar-refractivity contribution is 6.43. The molecule has 0 bridgehead atoms. The van der Waals surface area contributed by atoms with Crippen LogP contribution in [0.2, 0.25) is 20.1 Å². The number of nitrogens with zero attached hydrogens (tertiary/aromatic N) is 4. The molecule has 2 N–H and O–H groups in total. The summed E-state index contributed by atoms with van der Waals surface area (Å²) >= 11 is 25.6. The second kappa shape index (κ2) is 19.7. The van der Waals surface area contributed by atoms with E-state index in [1.807, 2.05) is 0 Å². The van der Waals surface area contributed by atoms with Crippen molar-refractivity contribution in [3.05, 3.63) is 74.7 Å². The lowest BCUT2D eigenvalue weighted by Crippen LogP contribution is -2.36. The number of rotatable bonds is 18. The maximum absolute atomic E-state index is 13.7. The van der Waals surface area contributed by atoms with Gasteiger partial charge in [0, 0.05) is 17.1 Å². The Labute approximate surface area is 308 Å². The Hall–Kier alpha value is -3.37. The maximum atomic E-state index is 13.7. The number of ether oxygens (including phenoxy) is 1. The summed E-state index contributed by atoms with van der Waals surface area (Å²) in [5.41, 5.74) is 4.48. The second-order valence-corrected chi connectivity index (χ2v) is 13.5. The van der Waals surface area contributed by atoms with Gasteiger partial charge >= 0.3 is 0 Å². The number of carbonyl (C=O) groups excluding carboxylic acids is 2. The number of unbranched alkanes of at least 4 members (excludes halogenated alkanes) is 10. The van der Waals surface area contributed by atoms with E-state index in [9.17, 15) is 9.59 Å². The van der Waals surface area contributed by atoms with Crippen LogP contribution >= 0.6 is 46.4 Å². The monoisotopic (exact) mass is 746 g/mol. The molecule has 1 saturated heterocycles. The molecule has 0 aromatic heterocycles. The molecule has 9 nitrogen and oxygen atoms in total. The van der Waals surface area contributed by atoms with Gasteiger partial charge in [0.05, 0.1) is 33.6 Å². The molecule has 4 rings (SSSR count). The highest BCUT2D eigenvalue weighted by Gasteiger charge is 2.41. The van der Waals surface area contributed by atoms with E-state index in [0.717, 1.165) is 24.3 Å². The number of halogens is 4. The summed E-state index contributed by atoms with van der Waals surface area (Å²) in [7, 11) is 1.56. The minimum Gasteiger partial charge on any atom is -0.497 e. The van der Waals surface area contributed by atoms with E-state index in [-0.39, 0.29) is 27.5 Å². The lowest BCUT2D eigenvalue weighted by molar-refractivity contribution is -0.118. The van der Waals surface area contributed by atoms with Crippen molar-refractivity contribution in [3.8, 4) is 5.75 Å². The topological polar surface area (TPSA) is 108 Å². The van der Waals surface area contributed by atoms with E-state index in [1.54, 1.807) is 49.6 Å². The molecule has 0 aliphatic carbocycles. The van der Waals surface area contributed by atoms with Crippen LogP contribution in [0.3, 0.4) is 0 Å². The number of methoxy groups -OCH3 is 1. The molecule has 0 radical (unpaired) electrons. The van der Waals surface area contributed by atoms with Crippen molar-refractivity contribution < 1.29 is 14.3 Å². The fourth-order valence-corrected chi connectivity index (χ4v) is 6.47. The van der Waals surface area contributed by atoms with Gasteiger partial charge in [0.25, 0.3) is 5.91 Å². The van der Waals surface area contributed by atoms with Crippen LogP contribution in [0.1, 0.15) is 84.0 Å². The van der Waals surface area contributed by atoms with Crippen LogP contribution in [0, 0.1) is 0 Å². The number of anilines is 2. The van der Waals surface area contributed by atoms with E-state index in [1.165, 1.54) is 63.5 Å². The van der Waals surface area contributed by atoms with Crippen molar-refractivity contribution in [2.24, 2.45) is 15.2 Å². The summed E-state index contributed by atoms with van der Waals surface area (Å²) in [4.78, 5) is 31.1. The first-order chi connectivity index (χ1) is 23.7. The van der Waals surface area contributed by atoms with Crippen LogP contribution in [-0.2, 0) is 9.59 Å². The van der Waals surface area contributed by atoms with Crippen molar-refractivity contribution in [1.29, 1.82) is 0 Å². The zero-order valence-corrected chi connectivity index (χ0v) is 30.8. The average Bonchev–Trinajstić information content (AvgIpc) is 3.37. The molecule has 3 aromatic carbocycles. The third-order valence-electron chi connectivity index (χ3n) is 7.98. The number of azo groups is 1. The van der Waals surface area contributed by atoms with Gasteiger partial charge in [0.15, 0.2) is 5.84 Å². The molecule has 1 aliphatic rings. The van der Waals surface area contributed by atoms with Crippen molar-refractivity contribution in [2.75, 3.05) is 17.4 Å². The number of benzene rings is 3. The number of amides is 2. The Bertz CT molecular complexity index is 1610. The van der Waals surface area contributed by atoms with Crippen molar-refractivity contribution in [1.82, 2.24) is 5.43 Å². The van der Waals surface area contributed by atoms with E-state index < -0.39 is 11.9 Å². The average molecular weight is 749 g/mol. The minimum absolute atomic E-state index is 0.0876. The summed E-state index contributed by atoms with van der Waals surface area (Å²) in [5.74, 6) is 0.152. The first-order valence-electron chi connectivity index (χ1n) is 16.7. The van der Waals surface area contributed by atoms with E-state index in [4.69, 9.17) is 51.1 Å². The van der Waals surface area contributed by atoms with Gasteiger partial charge < -0.3 is 10.1 Å². The zero-order chi connectivity index (χ0) is 35.2. The Kier molecular flexibility index (Phi) is 15.5. The van der Waals surface area contributed by atoms with Gasteiger partial charge in [-0.25, -0.2) is 10.0 Å². The molecule has 49 heavy (non-hydrogen) atoms. The number of carbonyl (C=O) groups is 2. The highest BCUT2D eigenvalue weighted by Crippen LogP contribution is 2.38. The predicted octanol–water partition coefficient (Wildman–Crippen LogP) is 11.7. The van der Waals surface area contributed by atoms with Gasteiger partial charge in [-0.2, -0.15) is 10.2 Å². The molecular weight excluding hydrogens is 706 g/mol. The Morgan fingerprint density at radius 1 is 0.837 bits per heavy atom. The lowest BCUT2D eigenvalue weighted by Gasteiger charge is -2.19. The first kappa shape index (κ1) is 38.4. The van der Waals surface area contributed by atoms with Crippen molar-refractivity contribution >= 4 is 86.8 Å². The van der Waals surface area contributed by atoms with Crippen molar-refractivity contribution in [2.45, 2.75) is 90.0 Å². The summed E-state index contributed by atoms with van der Waals surface area (Å²) in [6, 6.07) is 13.6. The standard InChI is InChI=1S/C36H42Cl4N6O3/c1-3-4-5-6-7-8-9-10-11-12-13-14-32(47)41-26-17-20-28(38)31(23-26)42-35-33(44-43-25-15-18-27(49-2)19-16-25)36(48)46(45-35)34-29(39)21-24(37)22-30(34)40/h15-23,33H,3-14H2,1-2H3,(H,41,47)(H,42,45). The summed E-state index contributed by atoms with van der Waals surface area (Å²) in [5, 5.41) is 13.6. The Morgan fingerprint density at radius 3 is 2.06 bits per heavy atom. The van der Waals surface area contributed by atoms with E-state index in [0.29, 0.717) is 39.3 Å². The fraction of sp³-hybridized carbons (Fsp3) is 0.417. The van der Waals surface area contributed by atoms with Gasteiger partial charge in [-0.15, -0.1) is 0 Å². The number of aliphatic imine (C=N–C) groups is 1. The molecule has 1 unspecified atom stereocenters. The Morgan fingerprint density at radius 2 is 1.45 bits per heavy atom. The van der Waals surface area contributed by atoms with Gasteiger partial charge in [-0.05, 0) is 61.0 Å². The number of hydrogen-bond donors (Lipinski definition) is 2. The normalized spacial score (nSPS) is 15.3. The van der Waals surface area contributed by atoms with Crippen LogP contribution in [-0.4, -0.2) is 30.8 Å². The molecule has 13 heteroatoms. The quantitative estimate of drug-likeness (QED) is 0.0997. The van der Waals surface area contributed by atoms with Gasteiger partial charge in [-0.1, -0.05) is 118 Å². The fourth-order valence-electron chi connectivity index (χ4n) is 5.33. The van der Waals surface area contributed by atoms with Crippen molar-refractivity contribution in [3.63, 3.8) is 0 Å². The van der Waals surface area contributed by atoms with Gasteiger partial charge in [0.1, 0.15) is 11.4 Å². The zero-order valence-electron chi connectivity index (χ0n) is 27.8. The van der Waals surface area contributed by atoms with E-state index >= 15 is 0 Å². The Balaban J connectivity index is 1.44. The number of hydrogen-bond acceptors (Lipinski definition) is 6. The highest BCUT2D eigenvalue weighted by atomic mass is 35.5. The van der Waals surface area contributed by atoms with E-state index in [2.05, 4.69) is 32.9 Å². The smallest absolute Gasteiger partial charge is 0.280 e. The number of nitrogens with one attached hydrogen (secondary N) is 2. The molecule has 0 saturated carbocycles. The van der Waals surface area contributed by atoms with Crippen LogP contribution in [0.4, 0.5) is 22.7 Å². The second-order valence-electron chi connectivity index (χ2n) is 11.8. The molecule has 1 fully saturated rings. The molecule has 1 heterocycles. The minimum atomic E-state index is -1.19. The number of amidine groups is 1. The molecule has 262 valence electrons. The molecule has 0 spiro atoms. The maximum Gasteiger partial charge on any atom is 0.280 e. The van der Waals surface area contributed by atoms with Crippen LogP contribution in [0.5, 0.6) is 5.75 Å². The lowest BCUT2D eigenvalue weighted by atomic mass is 10.1. The molecular formula is C36H42Cl4N6O3. The summed E-state index contributed by atoms with van der Waals surface area (Å²) < 4.78 is 5.20.